The standard InChI is InChI=1S/C21H29N5OS/c1-24(2)16-7-10-26(13-16)15-3-4-17-18(12-15)28-23-20(17)21(27)22-19-11-14-5-8-25(19)9-6-14/h3-4,12,14,16,19H,5-11,13H2,1-2H3,(H,22,27)/t16-,19+/m1/s1. The van der Waals surface area contributed by atoms with Gasteiger partial charge in [-0.15, -0.1) is 0 Å². The van der Waals surface area contributed by atoms with E-state index in [0.717, 1.165) is 48.6 Å². The second kappa shape index (κ2) is 7.28. The van der Waals surface area contributed by atoms with Crippen LogP contribution in [0.5, 0.6) is 0 Å². The number of piperidine rings is 3. The van der Waals surface area contributed by atoms with E-state index in [4.69, 9.17) is 0 Å². The third-order valence-corrected chi connectivity index (χ3v) is 7.68. The molecule has 4 aliphatic heterocycles. The van der Waals surface area contributed by atoms with Crippen molar-refractivity contribution in [3.8, 4) is 0 Å². The van der Waals surface area contributed by atoms with E-state index >= 15 is 0 Å². The van der Waals surface area contributed by atoms with Crippen LogP contribution in [0.3, 0.4) is 0 Å². The van der Waals surface area contributed by atoms with Gasteiger partial charge < -0.3 is 15.1 Å². The molecule has 6 nitrogen and oxygen atoms in total. The molecule has 1 aromatic carbocycles. The van der Waals surface area contributed by atoms with Crippen molar-refractivity contribution < 1.29 is 4.79 Å². The third kappa shape index (κ3) is 3.29. The molecule has 1 amide bonds. The lowest BCUT2D eigenvalue weighted by molar-refractivity contribution is 0.0294. The number of benzene rings is 1. The molecule has 0 aliphatic carbocycles. The summed E-state index contributed by atoms with van der Waals surface area (Å²) in [7, 11) is 4.31. The SMILES string of the molecule is CN(C)[C@@H]1CCN(c2ccc3c(C(=O)N[C@@H]4CC5CCN4CC5)nsc3c2)C1. The predicted octanol–water partition coefficient (Wildman–Crippen LogP) is 2.61. The quantitative estimate of drug-likeness (QED) is 0.857. The van der Waals surface area contributed by atoms with Crippen molar-refractivity contribution in [3.63, 3.8) is 0 Å². The first-order chi connectivity index (χ1) is 13.6. The van der Waals surface area contributed by atoms with Crippen LogP contribution in [0.2, 0.25) is 0 Å². The highest BCUT2D eigenvalue weighted by Gasteiger charge is 2.35. The molecule has 6 rings (SSSR count). The fraction of sp³-hybridized carbons (Fsp3) is 0.619. The Hall–Kier alpha value is -1.70. The number of carbonyl (C=O) groups is 1. The Labute approximate surface area is 170 Å². The zero-order valence-corrected chi connectivity index (χ0v) is 17.5. The van der Waals surface area contributed by atoms with Gasteiger partial charge in [0.15, 0.2) is 0 Å². The number of fused-ring (bicyclic) bond motifs is 4. The molecule has 0 unspecified atom stereocenters. The minimum atomic E-state index is -0.0228. The molecule has 0 saturated carbocycles. The summed E-state index contributed by atoms with van der Waals surface area (Å²) in [5.41, 5.74) is 1.82. The molecule has 2 atom stereocenters. The average Bonchev–Trinajstić information content (AvgIpc) is 3.36. The molecule has 0 spiro atoms. The van der Waals surface area contributed by atoms with Gasteiger partial charge in [0.1, 0.15) is 5.69 Å². The Morgan fingerprint density at radius 3 is 2.71 bits per heavy atom. The van der Waals surface area contributed by atoms with Crippen LogP contribution in [-0.4, -0.2) is 72.6 Å². The molecule has 4 saturated heterocycles. The average molecular weight is 400 g/mol. The fourth-order valence-corrected chi connectivity index (χ4v) is 5.83. The molecule has 0 radical (unpaired) electrons. The number of aromatic nitrogens is 1. The van der Waals surface area contributed by atoms with Crippen molar-refractivity contribution in [1.29, 1.82) is 0 Å². The van der Waals surface area contributed by atoms with Gasteiger partial charge in [-0.3, -0.25) is 9.69 Å². The Bertz CT molecular complexity index is 873. The van der Waals surface area contributed by atoms with Gasteiger partial charge >= 0.3 is 0 Å². The minimum absolute atomic E-state index is 0.0228. The van der Waals surface area contributed by atoms with Crippen molar-refractivity contribution >= 4 is 33.2 Å². The summed E-state index contributed by atoms with van der Waals surface area (Å²) < 4.78 is 5.62. The second-order valence-electron chi connectivity index (χ2n) is 8.77. The highest BCUT2D eigenvalue weighted by atomic mass is 32.1. The fourth-order valence-electron chi connectivity index (χ4n) is 5.02. The van der Waals surface area contributed by atoms with Crippen molar-refractivity contribution in [2.75, 3.05) is 45.2 Å². The summed E-state index contributed by atoms with van der Waals surface area (Å²) in [5.74, 6) is 0.752. The van der Waals surface area contributed by atoms with Gasteiger partial charge in [0, 0.05) is 43.3 Å². The minimum Gasteiger partial charge on any atom is -0.370 e. The summed E-state index contributed by atoms with van der Waals surface area (Å²) in [4.78, 5) is 20.1. The van der Waals surface area contributed by atoms with Gasteiger partial charge in [0.05, 0.1) is 10.9 Å². The van der Waals surface area contributed by atoms with Crippen molar-refractivity contribution in [2.24, 2.45) is 5.92 Å². The van der Waals surface area contributed by atoms with Gasteiger partial charge in [-0.1, -0.05) is 0 Å². The largest absolute Gasteiger partial charge is 0.370 e. The van der Waals surface area contributed by atoms with E-state index in [1.165, 1.54) is 36.5 Å². The lowest BCUT2D eigenvalue weighted by Crippen LogP contribution is -2.56. The molecular formula is C21H29N5OS. The zero-order valence-electron chi connectivity index (χ0n) is 16.7. The summed E-state index contributed by atoms with van der Waals surface area (Å²) in [6.45, 7) is 4.36. The summed E-state index contributed by atoms with van der Waals surface area (Å²) in [5, 5.41) is 4.23. The molecule has 5 heterocycles. The number of hydrogen-bond donors (Lipinski definition) is 1. The van der Waals surface area contributed by atoms with Crippen molar-refractivity contribution in [2.45, 2.75) is 37.9 Å². The molecule has 2 aromatic rings. The first kappa shape index (κ1) is 18.3. The predicted molar refractivity (Wildman–Crippen MR) is 114 cm³/mol. The molecule has 28 heavy (non-hydrogen) atoms. The number of carbonyl (C=O) groups excluding carboxylic acids is 1. The molecule has 4 fully saturated rings. The topological polar surface area (TPSA) is 51.7 Å². The second-order valence-corrected chi connectivity index (χ2v) is 9.57. The monoisotopic (exact) mass is 399 g/mol. The molecule has 2 bridgehead atoms. The van der Waals surface area contributed by atoms with Gasteiger partial charge in [-0.25, -0.2) is 0 Å². The van der Waals surface area contributed by atoms with Crippen LogP contribution in [0.15, 0.2) is 18.2 Å². The zero-order chi connectivity index (χ0) is 19.3. The highest BCUT2D eigenvalue weighted by Crippen LogP contribution is 2.32. The maximum atomic E-state index is 12.9. The van der Waals surface area contributed by atoms with E-state index in [-0.39, 0.29) is 12.1 Å². The number of hydrogen-bond acceptors (Lipinski definition) is 6. The van der Waals surface area contributed by atoms with E-state index in [0.29, 0.717) is 11.7 Å². The van der Waals surface area contributed by atoms with Crippen molar-refractivity contribution in [3.05, 3.63) is 23.9 Å². The van der Waals surface area contributed by atoms with Crippen LogP contribution >= 0.6 is 11.5 Å². The van der Waals surface area contributed by atoms with Crippen LogP contribution in [0.4, 0.5) is 5.69 Å². The summed E-state index contributed by atoms with van der Waals surface area (Å²) in [6.07, 6.45) is 5.02. The van der Waals surface area contributed by atoms with Crippen LogP contribution in [0.25, 0.3) is 10.1 Å². The van der Waals surface area contributed by atoms with Crippen LogP contribution in [0, 0.1) is 5.92 Å². The lowest BCUT2D eigenvalue weighted by atomic mass is 9.86. The number of likely N-dealkylation sites (N-methyl/N-ethyl adjacent to an activating group) is 1. The van der Waals surface area contributed by atoms with E-state index in [1.54, 1.807) is 0 Å². The lowest BCUT2D eigenvalue weighted by Gasteiger charge is -2.45. The number of amides is 1. The molecule has 1 N–H and O–H groups in total. The molecular weight excluding hydrogens is 370 g/mol. The Morgan fingerprint density at radius 1 is 1.21 bits per heavy atom. The highest BCUT2D eigenvalue weighted by molar-refractivity contribution is 7.13. The number of nitrogens with one attached hydrogen (secondary N) is 1. The molecule has 150 valence electrons. The van der Waals surface area contributed by atoms with Gasteiger partial charge in [-0.05, 0) is 75.4 Å². The van der Waals surface area contributed by atoms with E-state index in [9.17, 15) is 4.79 Å². The first-order valence-electron chi connectivity index (χ1n) is 10.4. The van der Waals surface area contributed by atoms with Crippen molar-refractivity contribution in [1.82, 2.24) is 19.5 Å². The summed E-state index contributed by atoms with van der Waals surface area (Å²) >= 11 is 1.44. The Balaban J connectivity index is 1.32. The number of nitrogens with zero attached hydrogens (tertiary/aromatic N) is 4. The van der Waals surface area contributed by atoms with E-state index in [2.05, 4.69) is 56.7 Å². The normalized spacial score (nSPS) is 29.8. The smallest absolute Gasteiger partial charge is 0.272 e. The molecule has 1 aromatic heterocycles. The van der Waals surface area contributed by atoms with Gasteiger partial charge in [0.2, 0.25) is 0 Å². The van der Waals surface area contributed by atoms with E-state index in [1.807, 2.05) is 0 Å². The maximum Gasteiger partial charge on any atom is 0.272 e. The number of anilines is 1. The van der Waals surface area contributed by atoms with Gasteiger partial charge in [-0.2, -0.15) is 4.37 Å². The Morgan fingerprint density at radius 2 is 2.04 bits per heavy atom. The molecule has 7 heteroatoms. The third-order valence-electron chi connectivity index (χ3n) is 6.87. The number of rotatable bonds is 4. The Kier molecular flexibility index (Phi) is 4.77. The van der Waals surface area contributed by atoms with Crippen LogP contribution < -0.4 is 10.2 Å². The van der Waals surface area contributed by atoms with Crippen LogP contribution in [-0.2, 0) is 0 Å². The first-order valence-corrected chi connectivity index (χ1v) is 11.2. The van der Waals surface area contributed by atoms with Gasteiger partial charge in [0.25, 0.3) is 5.91 Å². The summed E-state index contributed by atoms with van der Waals surface area (Å²) in [6, 6.07) is 7.05. The van der Waals surface area contributed by atoms with Crippen LogP contribution in [0.1, 0.15) is 36.2 Å². The molecule has 4 aliphatic rings. The van der Waals surface area contributed by atoms with E-state index < -0.39 is 0 Å². The maximum absolute atomic E-state index is 12.9.